The van der Waals surface area contributed by atoms with Gasteiger partial charge in [0.25, 0.3) is 0 Å². The van der Waals surface area contributed by atoms with E-state index in [1.807, 2.05) is 48.5 Å². The van der Waals surface area contributed by atoms with E-state index >= 15 is 0 Å². The molecule has 118 valence electrons. The summed E-state index contributed by atoms with van der Waals surface area (Å²) < 4.78 is 5.79. The van der Waals surface area contributed by atoms with Crippen molar-refractivity contribution in [3.63, 3.8) is 0 Å². The third kappa shape index (κ3) is 6.55. The SMILES string of the molecule is CC(C)(C)OCC/C=C(\C#Cc1ccccc1)c1ccccc1. The molecule has 2 rings (SSSR count). The minimum atomic E-state index is -0.101. The monoisotopic (exact) mass is 304 g/mol. The van der Waals surface area contributed by atoms with Crippen LogP contribution in [0.3, 0.4) is 0 Å². The standard InChI is InChI=1S/C22H24O/c1-22(2,3)23-18-10-15-21(20-13-8-5-9-14-20)17-16-19-11-6-4-7-12-19/h4-9,11-15H,10,18H2,1-3H3/b21-15+. The fraction of sp³-hybridized carbons (Fsp3) is 0.273. The molecule has 2 aromatic carbocycles. The molecule has 0 unspecified atom stereocenters. The van der Waals surface area contributed by atoms with Crippen molar-refractivity contribution in [3.8, 4) is 11.8 Å². The predicted octanol–water partition coefficient (Wildman–Crippen LogP) is 5.33. The van der Waals surface area contributed by atoms with Gasteiger partial charge in [0.05, 0.1) is 12.2 Å². The van der Waals surface area contributed by atoms with Gasteiger partial charge in [0, 0.05) is 11.1 Å². The highest BCUT2D eigenvalue weighted by atomic mass is 16.5. The van der Waals surface area contributed by atoms with Gasteiger partial charge >= 0.3 is 0 Å². The Balaban J connectivity index is 2.15. The molecule has 0 aliphatic rings. The van der Waals surface area contributed by atoms with Crippen molar-refractivity contribution in [1.82, 2.24) is 0 Å². The van der Waals surface area contributed by atoms with E-state index < -0.39 is 0 Å². The van der Waals surface area contributed by atoms with Crippen LogP contribution >= 0.6 is 0 Å². The lowest BCUT2D eigenvalue weighted by Gasteiger charge is -2.18. The van der Waals surface area contributed by atoms with Gasteiger partial charge < -0.3 is 4.74 Å². The average Bonchev–Trinajstić information content (AvgIpc) is 2.55. The van der Waals surface area contributed by atoms with Crippen LogP contribution < -0.4 is 0 Å². The zero-order valence-electron chi connectivity index (χ0n) is 14.2. The van der Waals surface area contributed by atoms with Gasteiger partial charge in [0.15, 0.2) is 0 Å². The van der Waals surface area contributed by atoms with E-state index in [0.29, 0.717) is 6.61 Å². The predicted molar refractivity (Wildman–Crippen MR) is 98.1 cm³/mol. The highest BCUT2D eigenvalue weighted by molar-refractivity contribution is 5.79. The molecule has 1 nitrogen and oxygen atoms in total. The Bertz CT molecular complexity index is 679. The van der Waals surface area contributed by atoms with Crippen molar-refractivity contribution in [3.05, 3.63) is 77.9 Å². The first-order valence-electron chi connectivity index (χ1n) is 8.01. The Labute approximate surface area is 140 Å². The molecule has 1 heteroatoms. The van der Waals surface area contributed by atoms with E-state index in [9.17, 15) is 0 Å². The Kier molecular flexibility index (Phi) is 6.20. The molecule has 0 radical (unpaired) electrons. The third-order valence-corrected chi connectivity index (χ3v) is 3.20. The van der Waals surface area contributed by atoms with E-state index in [-0.39, 0.29) is 5.60 Å². The molecule has 0 N–H and O–H groups in total. The van der Waals surface area contributed by atoms with Gasteiger partial charge in [-0.15, -0.1) is 0 Å². The van der Waals surface area contributed by atoms with Crippen molar-refractivity contribution in [2.45, 2.75) is 32.8 Å². The van der Waals surface area contributed by atoms with Gasteiger partial charge in [-0.2, -0.15) is 0 Å². The highest BCUT2D eigenvalue weighted by Crippen LogP contribution is 2.15. The van der Waals surface area contributed by atoms with Crippen LogP contribution in [0.4, 0.5) is 0 Å². The van der Waals surface area contributed by atoms with Crippen LogP contribution in [0.1, 0.15) is 38.3 Å². The molecule has 0 bridgehead atoms. The van der Waals surface area contributed by atoms with Gasteiger partial charge in [0.2, 0.25) is 0 Å². The first-order valence-corrected chi connectivity index (χ1v) is 8.01. The zero-order valence-corrected chi connectivity index (χ0v) is 14.2. The van der Waals surface area contributed by atoms with E-state index in [2.05, 4.69) is 50.8 Å². The van der Waals surface area contributed by atoms with Crippen LogP contribution in [0.2, 0.25) is 0 Å². The topological polar surface area (TPSA) is 9.23 Å². The molecule has 0 heterocycles. The maximum atomic E-state index is 5.79. The molecule has 0 saturated heterocycles. The lowest BCUT2D eigenvalue weighted by atomic mass is 10.0. The quantitative estimate of drug-likeness (QED) is 0.548. The van der Waals surface area contributed by atoms with E-state index in [1.165, 1.54) is 0 Å². The summed E-state index contributed by atoms with van der Waals surface area (Å²) in [5.41, 5.74) is 3.12. The largest absolute Gasteiger partial charge is 0.376 e. The number of rotatable bonds is 4. The Hall–Kier alpha value is -2.30. The summed E-state index contributed by atoms with van der Waals surface area (Å²) in [4.78, 5) is 0. The van der Waals surface area contributed by atoms with Gasteiger partial charge in [-0.3, -0.25) is 0 Å². The fourth-order valence-corrected chi connectivity index (χ4v) is 2.09. The molecule has 0 aromatic heterocycles. The summed E-state index contributed by atoms with van der Waals surface area (Å²) in [6.45, 7) is 6.92. The number of benzene rings is 2. The molecule has 0 fully saturated rings. The maximum absolute atomic E-state index is 5.79. The number of ether oxygens (including phenoxy) is 1. The second-order valence-electron chi connectivity index (χ2n) is 6.35. The lowest BCUT2D eigenvalue weighted by molar-refractivity contribution is -0.0000687. The highest BCUT2D eigenvalue weighted by Gasteiger charge is 2.08. The molecule has 2 aromatic rings. The van der Waals surface area contributed by atoms with Crippen LogP contribution in [0.25, 0.3) is 5.57 Å². The van der Waals surface area contributed by atoms with Gasteiger partial charge in [-0.05, 0) is 44.9 Å². The fourth-order valence-electron chi connectivity index (χ4n) is 2.09. The van der Waals surface area contributed by atoms with Crippen LogP contribution in [0, 0.1) is 11.8 Å². The number of hydrogen-bond donors (Lipinski definition) is 0. The summed E-state index contributed by atoms with van der Waals surface area (Å²) in [7, 11) is 0. The first-order chi connectivity index (χ1) is 11.0. The Morgan fingerprint density at radius 2 is 1.57 bits per heavy atom. The van der Waals surface area contributed by atoms with E-state index in [1.54, 1.807) is 0 Å². The van der Waals surface area contributed by atoms with Crippen LogP contribution in [-0.2, 0) is 4.74 Å². The number of allylic oxidation sites excluding steroid dienone is 1. The third-order valence-electron chi connectivity index (χ3n) is 3.20. The zero-order chi connectivity index (χ0) is 16.5. The molecular weight excluding hydrogens is 280 g/mol. The van der Waals surface area contributed by atoms with Crippen molar-refractivity contribution >= 4 is 5.57 Å². The average molecular weight is 304 g/mol. The molecule has 0 atom stereocenters. The van der Waals surface area contributed by atoms with E-state index in [4.69, 9.17) is 4.74 Å². The molecule has 0 saturated carbocycles. The number of hydrogen-bond acceptors (Lipinski definition) is 1. The normalized spacial score (nSPS) is 11.7. The van der Waals surface area contributed by atoms with Crippen LogP contribution in [-0.4, -0.2) is 12.2 Å². The molecule has 0 aliphatic carbocycles. The molecule has 0 aliphatic heterocycles. The van der Waals surface area contributed by atoms with Crippen molar-refractivity contribution < 1.29 is 4.74 Å². The molecular formula is C22H24O. The summed E-state index contributed by atoms with van der Waals surface area (Å²) in [6, 6.07) is 20.4. The lowest BCUT2D eigenvalue weighted by Crippen LogP contribution is -2.19. The Morgan fingerprint density at radius 1 is 0.957 bits per heavy atom. The maximum Gasteiger partial charge on any atom is 0.0598 e. The summed E-state index contributed by atoms with van der Waals surface area (Å²) in [6.07, 6.45) is 3.02. The van der Waals surface area contributed by atoms with Crippen molar-refractivity contribution in [1.29, 1.82) is 0 Å². The molecule has 0 amide bonds. The second kappa shape index (κ2) is 8.36. The second-order valence-corrected chi connectivity index (χ2v) is 6.35. The summed E-state index contributed by atoms with van der Waals surface area (Å²) >= 11 is 0. The summed E-state index contributed by atoms with van der Waals surface area (Å²) in [5.74, 6) is 6.55. The van der Waals surface area contributed by atoms with Gasteiger partial charge in [-0.25, -0.2) is 0 Å². The smallest absolute Gasteiger partial charge is 0.0598 e. The molecule has 0 spiro atoms. The minimum absolute atomic E-state index is 0.101. The first kappa shape index (κ1) is 17.1. The molecule has 23 heavy (non-hydrogen) atoms. The van der Waals surface area contributed by atoms with Crippen molar-refractivity contribution in [2.75, 3.05) is 6.61 Å². The summed E-state index contributed by atoms with van der Waals surface area (Å²) in [5, 5.41) is 0. The van der Waals surface area contributed by atoms with Gasteiger partial charge in [-0.1, -0.05) is 66.4 Å². The van der Waals surface area contributed by atoms with E-state index in [0.717, 1.165) is 23.1 Å². The van der Waals surface area contributed by atoms with Crippen LogP contribution in [0.5, 0.6) is 0 Å². The Morgan fingerprint density at radius 3 is 2.17 bits per heavy atom. The van der Waals surface area contributed by atoms with Crippen molar-refractivity contribution in [2.24, 2.45) is 0 Å². The van der Waals surface area contributed by atoms with Gasteiger partial charge in [0.1, 0.15) is 0 Å². The van der Waals surface area contributed by atoms with Crippen LogP contribution in [0.15, 0.2) is 66.7 Å². The minimum Gasteiger partial charge on any atom is -0.376 e.